The molecule has 0 aliphatic heterocycles. The van der Waals surface area contributed by atoms with Gasteiger partial charge < -0.3 is 10.2 Å². The van der Waals surface area contributed by atoms with E-state index in [1.807, 2.05) is 0 Å². The maximum absolute atomic E-state index is 8.56. The molecule has 0 spiro atoms. The minimum atomic E-state index is -1.83. The summed E-state index contributed by atoms with van der Waals surface area (Å²) >= 11 is 0. The van der Waals surface area contributed by atoms with E-state index in [9.17, 15) is 0 Å². The summed E-state index contributed by atoms with van der Waals surface area (Å²) in [6.07, 6.45) is -1.83. The third kappa shape index (κ3) is 244. The number of hydrogen-bond acceptors (Lipinski definition) is 1. The second-order valence-corrected chi connectivity index (χ2v) is 0.283. The Morgan fingerprint density at radius 2 is 1.29 bits per heavy atom. The predicted molar refractivity (Wildman–Crippen MR) is 10.7 cm³/mol. The molecular formula is CH2CuMnNiO3. The molecule has 0 aliphatic rings. The molecule has 0 fully saturated rings. The van der Waals surface area contributed by atoms with Gasteiger partial charge in [-0.1, -0.05) is 0 Å². The Kier molecular flexibility index (Phi) is 56.5. The average molecular weight is 239 g/mol. The molecule has 2 radical (unpaired) electrons. The van der Waals surface area contributed by atoms with Crippen LogP contribution in [0.3, 0.4) is 0 Å². The zero-order valence-electron chi connectivity index (χ0n) is 2.80. The second kappa shape index (κ2) is 15.8. The Hall–Kier alpha value is 0.802. The first-order valence-corrected chi connectivity index (χ1v) is 0.651. The molecule has 3 nitrogen and oxygen atoms in total. The molecular weight excluding hydrogens is 237 g/mol. The van der Waals surface area contributed by atoms with Crippen LogP contribution in [0.1, 0.15) is 0 Å². The van der Waals surface area contributed by atoms with E-state index in [1.54, 1.807) is 0 Å². The number of rotatable bonds is 0. The summed E-state index contributed by atoms with van der Waals surface area (Å²) in [4.78, 5) is 8.56. The van der Waals surface area contributed by atoms with Crippen molar-refractivity contribution < 1.29 is 65.6 Å². The minimum absolute atomic E-state index is 0. The first kappa shape index (κ1) is 25.0. The summed E-state index contributed by atoms with van der Waals surface area (Å²) in [7, 11) is 0. The van der Waals surface area contributed by atoms with Gasteiger partial charge in [0.15, 0.2) is 0 Å². The molecule has 2 N–H and O–H groups in total. The predicted octanol–water partition coefficient (Wildman–Crippen LogP) is 0.215. The van der Waals surface area contributed by atoms with Gasteiger partial charge in [-0.25, -0.2) is 4.79 Å². The fraction of sp³-hybridized carbons (Fsp3) is 0. The number of carboxylic acid groups (broad SMARTS) is 2. The maximum Gasteiger partial charge on any atom is 0.503 e. The molecule has 0 heterocycles. The van der Waals surface area contributed by atoms with E-state index in [1.165, 1.54) is 0 Å². The molecule has 0 aliphatic carbocycles. The van der Waals surface area contributed by atoms with E-state index in [4.69, 9.17) is 15.0 Å². The van der Waals surface area contributed by atoms with Gasteiger partial charge in [-0.15, -0.1) is 0 Å². The molecule has 0 unspecified atom stereocenters. The van der Waals surface area contributed by atoms with Gasteiger partial charge in [0.25, 0.3) is 0 Å². The van der Waals surface area contributed by atoms with Gasteiger partial charge in [-0.05, 0) is 0 Å². The fourth-order valence-electron chi connectivity index (χ4n) is 0. The van der Waals surface area contributed by atoms with Crippen LogP contribution in [0, 0.1) is 0 Å². The molecule has 0 aromatic carbocycles. The molecule has 0 bridgehead atoms. The van der Waals surface area contributed by atoms with Crippen molar-refractivity contribution in [2.75, 3.05) is 0 Å². The van der Waals surface area contributed by atoms with Crippen LogP contribution in [0.5, 0.6) is 0 Å². The molecule has 0 aromatic heterocycles. The van der Waals surface area contributed by atoms with Crippen molar-refractivity contribution in [2.24, 2.45) is 0 Å². The van der Waals surface area contributed by atoms with Crippen LogP contribution in [0.2, 0.25) is 0 Å². The summed E-state index contributed by atoms with van der Waals surface area (Å²) in [5, 5.41) is 13.9. The monoisotopic (exact) mass is 238 g/mol. The Bertz CT molecular complexity index is 37.9. The van der Waals surface area contributed by atoms with Crippen LogP contribution in [-0.4, -0.2) is 16.4 Å². The van der Waals surface area contributed by atoms with Crippen molar-refractivity contribution in [3.8, 4) is 0 Å². The van der Waals surface area contributed by atoms with Crippen LogP contribution in [0.25, 0.3) is 0 Å². The van der Waals surface area contributed by atoms with Gasteiger partial charge in [0.2, 0.25) is 0 Å². The van der Waals surface area contributed by atoms with E-state index in [-0.39, 0.29) is 50.6 Å². The molecule has 0 amide bonds. The SMILES string of the molecule is O=C(O)O.[Cu].[Mn].[Ni]. The Morgan fingerprint density at radius 1 is 1.29 bits per heavy atom. The van der Waals surface area contributed by atoms with E-state index in [0.29, 0.717) is 0 Å². The largest absolute Gasteiger partial charge is 0.503 e. The summed E-state index contributed by atoms with van der Waals surface area (Å²) in [6.45, 7) is 0. The molecule has 0 atom stereocenters. The Balaban J connectivity index is -0.0000000150. The standard InChI is InChI=1S/CH2O3.Cu.Mn.Ni/c2-1(3)4;;;/h(H2,2,3,4);;;. The molecule has 0 saturated carbocycles. The van der Waals surface area contributed by atoms with E-state index < -0.39 is 6.16 Å². The van der Waals surface area contributed by atoms with Gasteiger partial charge in [-0.3, -0.25) is 0 Å². The molecule has 7 heavy (non-hydrogen) atoms. The van der Waals surface area contributed by atoms with Crippen molar-refractivity contribution in [1.29, 1.82) is 0 Å². The molecule has 0 saturated heterocycles. The Morgan fingerprint density at radius 3 is 1.29 bits per heavy atom. The number of carbonyl (C=O) groups is 1. The minimum Gasteiger partial charge on any atom is -0.450 e. The van der Waals surface area contributed by atoms with Gasteiger partial charge in [-0.2, -0.15) is 0 Å². The maximum atomic E-state index is 8.56. The molecule has 0 rings (SSSR count). The first-order valence-electron chi connectivity index (χ1n) is 0.651. The summed E-state index contributed by atoms with van der Waals surface area (Å²) in [5.41, 5.74) is 0. The van der Waals surface area contributed by atoms with Gasteiger partial charge in [0.05, 0.1) is 0 Å². The van der Waals surface area contributed by atoms with Gasteiger partial charge in [0, 0.05) is 50.6 Å². The zero-order chi connectivity index (χ0) is 3.58. The van der Waals surface area contributed by atoms with E-state index in [0.717, 1.165) is 0 Å². The Labute approximate surface area is 71.7 Å². The zero-order valence-corrected chi connectivity index (χ0v) is 5.91. The molecule has 0 aromatic rings. The summed E-state index contributed by atoms with van der Waals surface area (Å²) in [5.74, 6) is 0. The van der Waals surface area contributed by atoms with Gasteiger partial charge >= 0.3 is 6.16 Å². The number of hydrogen-bond donors (Lipinski definition) is 2. The van der Waals surface area contributed by atoms with E-state index in [2.05, 4.69) is 0 Å². The van der Waals surface area contributed by atoms with Crippen molar-refractivity contribution in [2.45, 2.75) is 0 Å². The normalized spacial score (nSPS) is 3.43. The third-order valence-electron chi connectivity index (χ3n) is 0. The summed E-state index contributed by atoms with van der Waals surface area (Å²) < 4.78 is 0. The third-order valence-corrected chi connectivity index (χ3v) is 0. The van der Waals surface area contributed by atoms with Crippen molar-refractivity contribution in [3.63, 3.8) is 0 Å². The van der Waals surface area contributed by atoms with Crippen molar-refractivity contribution >= 4 is 6.16 Å². The van der Waals surface area contributed by atoms with Gasteiger partial charge in [0.1, 0.15) is 0 Å². The van der Waals surface area contributed by atoms with Crippen molar-refractivity contribution in [1.82, 2.24) is 0 Å². The summed E-state index contributed by atoms with van der Waals surface area (Å²) in [6, 6.07) is 0. The second-order valence-electron chi connectivity index (χ2n) is 0.283. The van der Waals surface area contributed by atoms with Crippen LogP contribution in [0.15, 0.2) is 0 Å². The van der Waals surface area contributed by atoms with Crippen LogP contribution in [-0.2, 0) is 50.6 Å². The fourth-order valence-corrected chi connectivity index (χ4v) is 0. The van der Waals surface area contributed by atoms with Crippen molar-refractivity contribution in [3.05, 3.63) is 0 Å². The molecule has 52 valence electrons. The topological polar surface area (TPSA) is 57.5 Å². The van der Waals surface area contributed by atoms with Crippen LogP contribution in [0.4, 0.5) is 4.79 Å². The molecule has 6 heteroatoms. The van der Waals surface area contributed by atoms with Crippen LogP contribution >= 0.6 is 0 Å². The van der Waals surface area contributed by atoms with E-state index >= 15 is 0 Å². The smallest absolute Gasteiger partial charge is 0.450 e. The quantitative estimate of drug-likeness (QED) is 0.594. The average Bonchev–Trinajstić information content (AvgIpc) is 0.811. The van der Waals surface area contributed by atoms with Crippen LogP contribution < -0.4 is 0 Å². The first-order chi connectivity index (χ1) is 1.73.